The van der Waals surface area contributed by atoms with Gasteiger partial charge in [-0.1, -0.05) is 72.3 Å². The third-order valence-corrected chi connectivity index (χ3v) is 5.49. The van der Waals surface area contributed by atoms with E-state index in [2.05, 4.69) is 16.2 Å². The van der Waals surface area contributed by atoms with Gasteiger partial charge in [0.15, 0.2) is 5.54 Å². The number of halogens is 1. The summed E-state index contributed by atoms with van der Waals surface area (Å²) in [5.74, 6) is -1.90. The molecule has 0 spiro atoms. The number of urea groups is 1. The van der Waals surface area contributed by atoms with E-state index in [1.165, 1.54) is 24.3 Å². The molecule has 33 heavy (non-hydrogen) atoms. The summed E-state index contributed by atoms with van der Waals surface area (Å²) in [4.78, 5) is 51.8. The molecule has 1 saturated heterocycles. The molecule has 4 rings (SSSR count). The van der Waals surface area contributed by atoms with Crippen molar-refractivity contribution in [2.45, 2.75) is 5.54 Å². The monoisotopic (exact) mass is 462 g/mol. The number of hydrogen-bond donors (Lipinski definition) is 3. The highest BCUT2D eigenvalue weighted by atomic mass is 35.5. The Hall–Kier alpha value is -4.17. The molecule has 0 saturated carbocycles. The number of hydrogen-bond acceptors (Lipinski definition) is 4. The summed E-state index contributed by atoms with van der Waals surface area (Å²) in [5.41, 5.74) is 4.42. The maximum Gasteiger partial charge on any atom is 0.326 e. The van der Waals surface area contributed by atoms with Crippen molar-refractivity contribution in [3.05, 3.63) is 107 Å². The van der Waals surface area contributed by atoms with E-state index >= 15 is 0 Å². The van der Waals surface area contributed by atoms with Crippen LogP contribution in [0.4, 0.5) is 4.79 Å². The number of rotatable bonds is 5. The lowest BCUT2D eigenvalue weighted by Crippen LogP contribution is -2.49. The van der Waals surface area contributed by atoms with Crippen LogP contribution in [0.15, 0.2) is 84.9 Å². The van der Waals surface area contributed by atoms with Crippen LogP contribution in [0, 0.1) is 0 Å². The molecule has 1 aliphatic heterocycles. The van der Waals surface area contributed by atoms with Gasteiger partial charge in [0.05, 0.1) is 0 Å². The summed E-state index contributed by atoms with van der Waals surface area (Å²) in [6.07, 6.45) is 0. The summed E-state index contributed by atoms with van der Waals surface area (Å²) < 4.78 is 0. The molecule has 0 radical (unpaired) electrons. The molecule has 1 fully saturated rings. The first-order valence-corrected chi connectivity index (χ1v) is 10.4. The second kappa shape index (κ2) is 9.13. The van der Waals surface area contributed by atoms with Crippen LogP contribution in [-0.2, 0) is 15.1 Å². The smallest absolute Gasteiger partial charge is 0.315 e. The molecule has 3 aromatic rings. The van der Waals surface area contributed by atoms with Crippen LogP contribution in [0.25, 0.3) is 0 Å². The number of nitrogens with zero attached hydrogens (tertiary/aromatic N) is 1. The van der Waals surface area contributed by atoms with E-state index in [1.807, 2.05) is 0 Å². The molecule has 8 nitrogen and oxygen atoms in total. The standard InChI is InChI=1S/C24H19ClN4O4/c25-19-13-11-16(12-14-19)21(31)28-27-20(30)15-29-22(32)24(26-23(29)33,17-7-3-1-4-8-17)18-9-5-2-6-10-18/h1-14H,15H2,(H,26,33)(H,27,30)(H,28,31). The Kier molecular flexibility index (Phi) is 6.10. The molecule has 0 aliphatic carbocycles. The number of imide groups is 1. The maximum atomic E-state index is 13.5. The lowest BCUT2D eigenvalue weighted by atomic mass is 9.82. The van der Waals surface area contributed by atoms with Gasteiger partial charge in [-0.05, 0) is 35.4 Å². The molecule has 0 aromatic heterocycles. The Labute approximate surface area is 194 Å². The van der Waals surface area contributed by atoms with E-state index in [-0.39, 0.29) is 5.56 Å². The zero-order valence-electron chi connectivity index (χ0n) is 17.2. The van der Waals surface area contributed by atoms with Gasteiger partial charge in [-0.25, -0.2) is 4.79 Å². The average Bonchev–Trinajstić information content (AvgIpc) is 3.09. The van der Waals surface area contributed by atoms with E-state index in [1.54, 1.807) is 60.7 Å². The second-order valence-corrected chi connectivity index (χ2v) is 7.75. The Morgan fingerprint density at radius 2 is 1.36 bits per heavy atom. The minimum absolute atomic E-state index is 0.280. The Morgan fingerprint density at radius 1 is 0.818 bits per heavy atom. The molecule has 9 heteroatoms. The predicted octanol–water partition coefficient (Wildman–Crippen LogP) is 2.60. The van der Waals surface area contributed by atoms with Crippen molar-refractivity contribution in [2.75, 3.05) is 6.54 Å². The number of carbonyl (C=O) groups is 4. The zero-order valence-corrected chi connectivity index (χ0v) is 18.0. The average molecular weight is 463 g/mol. The highest BCUT2D eigenvalue weighted by Crippen LogP contribution is 2.35. The third-order valence-electron chi connectivity index (χ3n) is 5.24. The first kappa shape index (κ1) is 22.0. The van der Waals surface area contributed by atoms with Crippen LogP contribution in [0.1, 0.15) is 21.5 Å². The van der Waals surface area contributed by atoms with E-state index in [0.717, 1.165) is 4.90 Å². The van der Waals surface area contributed by atoms with E-state index in [9.17, 15) is 19.2 Å². The molecule has 3 N–H and O–H groups in total. The highest BCUT2D eigenvalue weighted by Gasteiger charge is 2.54. The van der Waals surface area contributed by atoms with Gasteiger partial charge in [-0.3, -0.25) is 30.1 Å². The Balaban J connectivity index is 1.51. The summed E-state index contributed by atoms with van der Waals surface area (Å²) in [7, 11) is 0. The predicted molar refractivity (Wildman–Crippen MR) is 121 cm³/mol. The number of nitrogens with one attached hydrogen (secondary N) is 3. The molecule has 166 valence electrons. The van der Waals surface area contributed by atoms with Crippen LogP contribution < -0.4 is 16.2 Å². The summed E-state index contributed by atoms with van der Waals surface area (Å²) in [6, 6.07) is 23.0. The summed E-state index contributed by atoms with van der Waals surface area (Å²) in [6.45, 7) is -0.576. The number of hydrazine groups is 1. The van der Waals surface area contributed by atoms with Gasteiger partial charge >= 0.3 is 6.03 Å². The molecule has 1 heterocycles. The first-order chi connectivity index (χ1) is 15.9. The van der Waals surface area contributed by atoms with Crippen LogP contribution in [0.3, 0.4) is 0 Å². The maximum absolute atomic E-state index is 13.5. The van der Waals surface area contributed by atoms with Crippen molar-refractivity contribution in [1.82, 2.24) is 21.1 Å². The Morgan fingerprint density at radius 3 is 1.91 bits per heavy atom. The van der Waals surface area contributed by atoms with Crippen LogP contribution in [0.2, 0.25) is 5.02 Å². The van der Waals surface area contributed by atoms with Crippen LogP contribution in [0.5, 0.6) is 0 Å². The van der Waals surface area contributed by atoms with Gasteiger partial charge in [-0.15, -0.1) is 0 Å². The SMILES string of the molecule is O=C(CN1C(=O)NC(c2ccccc2)(c2ccccc2)C1=O)NNC(=O)c1ccc(Cl)cc1. The van der Waals surface area contributed by atoms with E-state index in [4.69, 9.17) is 11.6 Å². The fourth-order valence-electron chi connectivity index (χ4n) is 3.64. The quantitative estimate of drug-likeness (QED) is 0.400. The summed E-state index contributed by atoms with van der Waals surface area (Å²) in [5, 5.41) is 3.23. The third kappa shape index (κ3) is 4.28. The fourth-order valence-corrected chi connectivity index (χ4v) is 3.76. The Bertz CT molecular complexity index is 1160. The van der Waals surface area contributed by atoms with Crippen molar-refractivity contribution >= 4 is 35.4 Å². The first-order valence-electron chi connectivity index (χ1n) is 10.0. The molecule has 1 aliphatic rings. The molecular formula is C24H19ClN4O4. The minimum Gasteiger partial charge on any atom is -0.315 e. The van der Waals surface area contributed by atoms with Crippen molar-refractivity contribution in [3.8, 4) is 0 Å². The van der Waals surface area contributed by atoms with Gasteiger partial charge in [0.2, 0.25) is 0 Å². The van der Waals surface area contributed by atoms with E-state index < -0.39 is 35.8 Å². The second-order valence-electron chi connectivity index (χ2n) is 7.31. The lowest BCUT2D eigenvalue weighted by molar-refractivity contribution is -0.134. The highest BCUT2D eigenvalue weighted by molar-refractivity contribution is 6.30. The molecule has 0 atom stereocenters. The normalized spacial score (nSPS) is 14.5. The van der Waals surface area contributed by atoms with Crippen molar-refractivity contribution in [3.63, 3.8) is 0 Å². The van der Waals surface area contributed by atoms with Crippen LogP contribution in [-0.4, -0.2) is 35.2 Å². The van der Waals surface area contributed by atoms with Gasteiger partial charge < -0.3 is 5.32 Å². The molecule has 5 amide bonds. The fraction of sp³-hybridized carbons (Fsp3) is 0.0833. The van der Waals surface area contributed by atoms with Gasteiger partial charge in [0.25, 0.3) is 17.7 Å². The lowest BCUT2D eigenvalue weighted by Gasteiger charge is -2.27. The molecule has 0 bridgehead atoms. The molecule has 3 aromatic carbocycles. The number of carbonyl (C=O) groups excluding carboxylic acids is 4. The van der Waals surface area contributed by atoms with Gasteiger partial charge in [-0.2, -0.15) is 0 Å². The van der Waals surface area contributed by atoms with Crippen molar-refractivity contribution in [1.29, 1.82) is 0 Å². The zero-order chi connectivity index (χ0) is 23.4. The topological polar surface area (TPSA) is 108 Å². The number of amides is 5. The van der Waals surface area contributed by atoms with E-state index in [0.29, 0.717) is 16.1 Å². The number of benzene rings is 3. The van der Waals surface area contributed by atoms with Gasteiger partial charge in [0.1, 0.15) is 6.54 Å². The van der Waals surface area contributed by atoms with Gasteiger partial charge in [0, 0.05) is 10.6 Å². The molecule has 0 unspecified atom stereocenters. The largest absolute Gasteiger partial charge is 0.326 e. The minimum atomic E-state index is -1.47. The van der Waals surface area contributed by atoms with Crippen molar-refractivity contribution < 1.29 is 19.2 Å². The summed E-state index contributed by atoms with van der Waals surface area (Å²) >= 11 is 5.80. The molecular weight excluding hydrogens is 444 g/mol. The van der Waals surface area contributed by atoms with Crippen LogP contribution >= 0.6 is 11.6 Å². The van der Waals surface area contributed by atoms with Crippen molar-refractivity contribution in [2.24, 2.45) is 0 Å².